The zero-order chi connectivity index (χ0) is 27.2. The molecule has 1 aliphatic rings. The van der Waals surface area contributed by atoms with Gasteiger partial charge in [0.25, 0.3) is 11.8 Å². The first-order valence-electron chi connectivity index (χ1n) is 12.7. The van der Waals surface area contributed by atoms with Gasteiger partial charge in [0.05, 0.1) is 30.5 Å². The Bertz CT molecular complexity index is 1310. The number of ether oxygens (including phenoxy) is 2. The van der Waals surface area contributed by atoms with E-state index >= 15 is 0 Å². The lowest BCUT2D eigenvalue weighted by Gasteiger charge is -2.29. The summed E-state index contributed by atoms with van der Waals surface area (Å²) in [7, 11) is 3.27. The topological polar surface area (TPSA) is 79.9 Å². The summed E-state index contributed by atoms with van der Waals surface area (Å²) in [6, 6.07) is 16.6. The molecule has 3 aromatic carbocycles. The van der Waals surface area contributed by atoms with E-state index in [1.54, 1.807) is 44.6 Å². The van der Waals surface area contributed by atoms with E-state index in [1.165, 1.54) is 11.1 Å². The van der Waals surface area contributed by atoms with E-state index in [4.69, 9.17) is 21.1 Å². The molecule has 2 N–H and O–H groups in total. The summed E-state index contributed by atoms with van der Waals surface area (Å²) in [5.74, 6) is 1.20. The summed E-state index contributed by atoms with van der Waals surface area (Å²) in [5.41, 5.74) is 4.74. The molecule has 0 aromatic heterocycles. The standard InChI is InChI=1S/C30H34ClN3O4/c1-19(2)20-8-10-21(11-9-20)29(35)33-25-7-5-6-24(31)28(25)30(36)32-13-15-34-14-12-22-16-26(37-3)27(38-4)17-23(22)18-34/h5-11,16-17,19H,12-15,18H2,1-4H3,(H,32,36)(H,33,35). The molecule has 0 radical (unpaired) electrons. The Hall–Kier alpha value is -3.55. The molecule has 0 fully saturated rings. The Morgan fingerprint density at radius 1 is 0.974 bits per heavy atom. The number of amides is 2. The Kier molecular flexibility index (Phi) is 8.92. The largest absolute Gasteiger partial charge is 0.493 e. The highest BCUT2D eigenvalue weighted by molar-refractivity contribution is 6.35. The first-order chi connectivity index (χ1) is 18.3. The van der Waals surface area contributed by atoms with Crippen LogP contribution in [0.2, 0.25) is 5.02 Å². The van der Waals surface area contributed by atoms with E-state index in [2.05, 4.69) is 29.4 Å². The summed E-state index contributed by atoms with van der Waals surface area (Å²) in [6.45, 7) is 6.95. The fraction of sp³-hybridized carbons (Fsp3) is 0.333. The molecule has 0 saturated heterocycles. The van der Waals surface area contributed by atoms with Gasteiger partial charge in [-0.25, -0.2) is 0 Å². The summed E-state index contributed by atoms with van der Waals surface area (Å²) >= 11 is 6.40. The lowest BCUT2D eigenvalue weighted by Crippen LogP contribution is -2.38. The normalized spacial score (nSPS) is 13.1. The maximum absolute atomic E-state index is 13.1. The molecule has 38 heavy (non-hydrogen) atoms. The van der Waals surface area contributed by atoms with Crippen LogP contribution < -0.4 is 20.1 Å². The molecule has 0 unspecified atom stereocenters. The molecule has 8 heteroatoms. The molecule has 0 saturated carbocycles. The number of hydrogen-bond acceptors (Lipinski definition) is 5. The van der Waals surface area contributed by atoms with Gasteiger partial charge in [-0.1, -0.05) is 43.6 Å². The van der Waals surface area contributed by atoms with E-state index in [9.17, 15) is 9.59 Å². The average Bonchev–Trinajstić information content (AvgIpc) is 2.92. The van der Waals surface area contributed by atoms with Gasteiger partial charge in [0.2, 0.25) is 0 Å². The van der Waals surface area contributed by atoms with Gasteiger partial charge in [-0.3, -0.25) is 14.5 Å². The number of nitrogens with zero attached hydrogens (tertiary/aromatic N) is 1. The molecule has 0 bridgehead atoms. The Morgan fingerprint density at radius 3 is 2.32 bits per heavy atom. The fourth-order valence-electron chi connectivity index (χ4n) is 4.62. The van der Waals surface area contributed by atoms with Crippen molar-refractivity contribution < 1.29 is 19.1 Å². The van der Waals surface area contributed by atoms with Gasteiger partial charge >= 0.3 is 0 Å². The minimum absolute atomic E-state index is 0.252. The van der Waals surface area contributed by atoms with E-state index in [1.807, 2.05) is 24.3 Å². The molecular weight excluding hydrogens is 502 g/mol. The number of fused-ring (bicyclic) bond motifs is 1. The van der Waals surface area contributed by atoms with Crippen molar-refractivity contribution in [2.45, 2.75) is 32.7 Å². The van der Waals surface area contributed by atoms with Crippen molar-refractivity contribution in [3.05, 3.63) is 87.4 Å². The number of carbonyl (C=O) groups excluding carboxylic acids is 2. The van der Waals surface area contributed by atoms with Crippen LogP contribution in [0.1, 0.15) is 57.2 Å². The fourth-order valence-corrected chi connectivity index (χ4v) is 4.88. The van der Waals surface area contributed by atoms with Crippen LogP contribution in [0.25, 0.3) is 0 Å². The van der Waals surface area contributed by atoms with Crippen LogP contribution in [0, 0.1) is 0 Å². The second kappa shape index (κ2) is 12.3. The van der Waals surface area contributed by atoms with Gasteiger partial charge in [0, 0.05) is 31.7 Å². The molecule has 7 nitrogen and oxygen atoms in total. The van der Waals surface area contributed by atoms with Crippen molar-refractivity contribution >= 4 is 29.1 Å². The first-order valence-corrected chi connectivity index (χ1v) is 13.1. The third kappa shape index (κ3) is 6.29. The Balaban J connectivity index is 1.38. The van der Waals surface area contributed by atoms with E-state index in [-0.39, 0.29) is 22.4 Å². The summed E-state index contributed by atoms with van der Waals surface area (Å²) in [6.07, 6.45) is 0.891. The molecule has 3 aromatic rings. The number of rotatable bonds is 9. The molecular formula is C30H34ClN3O4. The van der Waals surface area contributed by atoms with E-state index in [0.717, 1.165) is 30.8 Å². The Morgan fingerprint density at radius 2 is 1.66 bits per heavy atom. The smallest absolute Gasteiger partial charge is 0.255 e. The summed E-state index contributed by atoms with van der Waals surface area (Å²) in [4.78, 5) is 28.3. The third-order valence-corrected chi connectivity index (χ3v) is 7.15. The van der Waals surface area contributed by atoms with Crippen LogP contribution in [0.3, 0.4) is 0 Å². The quantitative estimate of drug-likeness (QED) is 0.377. The minimum Gasteiger partial charge on any atom is -0.493 e. The Labute approximate surface area is 229 Å². The molecule has 2 amide bonds. The van der Waals surface area contributed by atoms with Crippen molar-refractivity contribution in [2.24, 2.45) is 0 Å². The van der Waals surface area contributed by atoms with Gasteiger partial charge in [-0.05, 0) is 65.4 Å². The number of halogens is 1. The van der Waals surface area contributed by atoms with Crippen molar-refractivity contribution in [3.8, 4) is 11.5 Å². The maximum atomic E-state index is 13.1. The maximum Gasteiger partial charge on any atom is 0.255 e. The summed E-state index contributed by atoms with van der Waals surface area (Å²) < 4.78 is 10.9. The molecule has 0 atom stereocenters. The molecule has 0 spiro atoms. The van der Waals surface area contributed by atoms with Gasteiger partial charge in [-0.2, -0.15) is 0 Å². The van der Waals surface area contributed by atoms with Crippen molar-refractivity contribution in [2.75, 3.05) is 39.2 Å². The van der Waals surface area contributed by atoms with Gasteiger partial charge < -0.3 is 20.1 Å². The van der Waals surface area contributed by atoms with Gasteiger partial charge in [0.15, 0.2) is 11.5 Å². The van der Waals surface area contributed by atoms with Crippen LogP contribution >= 0.6 is 11.6 Å². The molecule has 200 valence electrons. The molecule has 1 heterocycles. The van der Waals surface area contributed by atoms with Crippen LogP contribution in [0.4, 0.5) is 5.69 Å². The highest BCUT2D eigenvalue weighted by atomic mass is 35.5. The molecule has 0 aliphatic carbocycles. The number of carbonyl (C=O) groups is 2. The van der Waals surface area contributed by atoms with E-state index in [0.29, 0.717) is 36.0 Å². The third-order valence-electron chi connectivity index (χ3n) is 6.84. The van der Waals surface area contributed by atoms with Gasteiger partial charge in [0.1, 0.15) is 0 Å². The first kappa shape index (κ1) is 27.5. The lowest BCUT2D eigenvalue weighted by molar-refractivity contribution is 0.0948. The number of nitrogens with one attached hydrogen (secondary N) is 2. The predicted octanol–water partition coefficient (Wildman–Crippen LogP) is 5.52. The number of hydrogen-bond donors (Lipinski definition) is 2. The van der Waals surface area contributed by atoms with Crippen LogP contribution in [-0.4, -0.2) is 50.6 Å². The average molecular weight is 536 g/mol. The highest BCUT2D eigenvalue weighted by Crippen LogP contribution is 2.33. The zero-order valence-corrected chi connectivity index (χ0v) is 23.0. The highest BCUT2D eigenvalue weighted by Gasteiger charge is 2.21. The predicted molar refractivity (Wildman–Crippen MR) is 151 cm³/mol. The number of benzene rings is 3. The lowest BCUT2D eigenvalue weighted by atomic mass is 9.99. The minimum atomic E-state index is -0.329. The second-order valence-electron chi connectivity index (χ2n) is 9.65. The monoisotopic (exact) mass is 535 g/mol. The molecule has 1 aliphatic heterocycles. The van der Waals surface area contributed by atoms with Crippen LogP contribution in [-0.2, 0) is 13.0 Å². The SMILES string of the molecule is COc1cc2c(cc1OC)CN(CCNC(=O)c1c(Cl)cccc1NC(=O)c1ccc(C(C)C)cc1)CC2. The van der Waals surface area contributed by atoms with Gasteiger partial charge in [-0.15, -0.1) is 0 Å². The van der Waals surface area contributed by atoms with E-state index < -0.39 is 0 Å². The van der Waals surface area contributed by atoms with Crippen molar-refractivity contribution in [3.63, 3.8) is 0 Å². The summed E-state index contributed by atoms with van der Waals surface area (Å²) in [5, 5.41) is 6.10. The number of anilines is 1. The van der Waals surface area contributed by atoms with Crippen molar-refractivity contribution in [1.82, 2.24) is 10.2 Å². The molecule has 4 rings (SSSR count). The van der Waals surface area contributed by atoms with Crippen molar-refractivity contribution in [1.29, 1.82) is 0 Å². The van der Waals surface area contributed by atoms with Crippen LogP contribution in [0.5, 0.6) is 11.5 Å². The van der Waals surface area contributed by atoms with Crippen LogP contribution in [0.15, 0.2) is 54.6 Å². The number of methoxy groups -OCH3 is 2. The zero-order valence-electron chi connectivity index (χ0n) is 22.3. The second-order valence-corrected chi connectivity index (χ2v) is 10.1.